The summed E-state index contributed by atoms with van der Waals surface area (Å²) in [5.41, 5.74) is 7.22. The molecule has 3 rings (SSSR count). The summed E-state index contributed by atoms with van der Waals surface area (Å²) < 4.78 is 2.21. The molecule has 1 aromatic heterocycles. The molecule has 0 radical (unpaired) electrons. The van der Waals surface area contributed by atoms with Gasteiger partial charge in [-0.1, -0.05) is 13.3 Å². The van der Waals surface area contributed by atoms with E-state index in [0.717, 1.165) is 18.4 Å². The van der Waals surface area contributed by atoms with Crippen molar-refractivity contribution in [3.63, 3.8) is 0 Å². The van der Waals surface area contributed by atoms with Gasteiger partial charge in [-0.2, -0.15) is 5.10 Å². The van der Waals surface area contributed by atoms with Crippen LogP contribution in [0.4, 0.5) is 0 Å². The Labute approximate surface area is 103 Å². The molecule has 1 aromatic rings. The van der Waals surface area contributed by atoms with Crippen LogP contribution in [-0.4, -0.2) is 16.3 Å². The minimum atomic E-state index is 0.538. The number of aromatic nitrogens is 2. The summed E-state index contributed by atoms with van der Waals surface area (Å²) in [6.07, 6.45) is 8.68. The summed E-state index contributed by atoms with van der Waals surface area (Å²) in [6, 6.07) is 2.75. The van der Waals surface area contributed by atoms with Crippen molar-refractivity contribution in [1.29, 1.82) is 0 Å². The average molecular weight is 233 g/mol. The number of rotatable bonds is 3. The van der Waals surface area contributed by atoms with Gasteiger partial charge in [0, 0.05) is 12.1 Å². The van der Waals surface area contributed by atoms with Crippen LogP contribution in [0.1, 0.15) is 56.7 Å². The fraction of sp³-hybridized carbons (Fsp3) is 0.786. The Hall–Kier alpha value is -0.830. The molecule has 3 atom stereocenters. The molecule has 2 N–H and O–H groups in total. The van der Waals surface area contributed by atoms with E-state index >= 15 is 0 Å². The van der Waals surface area contributed by atoms with Crippen molar-refractivity contribution in [2.75, 3.05) is 6.54 Å². The summed E-state index contributed by atoms with van der Waals surface area (Å²) in [5, 5.41) is 4.79. The van der Waals surface area contributed by atoms with Gasteiger partial charge in [-0.25, -0.2) is 0 Å². The second-order valence-electron chi connectivity index (χ2n) is 5.98. The van der Waals surface area contributed by atoms with Gasteiger partial charge in [0.15, 0.2) is 0 Å². The van der Waals surface area contributed by atoms with Crippen molar-refractivity contribution in [1.82, 2.24) is 9.78 Å². The van der Waals surface area contributed by atoms with E-state index in [1.807, 2.05) is 0 Å². The topological polar surface area (TPSA) is 43.8 Å². The number of nitrogens with zero attached hydrogens (tertiary/aromatic N) is 2. The van der Waals surface area contributed by atoms with Crippen molar-refractivity contribution in [2.24, 2.45) is 17.6 Å². The van der Waals surface area contributed by atoms with Gasteiger partial charge in [-0.05, 0) is 50.1 Å². The minimum Gasteiger partial charge on any atom is -0.330 e. The highest BCUT2D eigenvalue weighted by Gasteiger charge is 2.31. The third-order valence-corrected chi connectivity index (χ3v) is 4.49. The van der Waals surface area contributed by atoms with Crippen LogP contribution >= 0.6 is 0 Å². The first-order valence-electron chi connectivity index (χ1n) is 7.03. The van der Waals surface area contributed by atoms with E-state index in [-0.39, 0.29) is 0 Å². The van der Waals surface area contributed by atoms with Crippen LogP contribution in [0.5, 0.6) is 0 Å². The van der Waals surface area contributed by atoms with Gasteiger partial charge in [0.1, 0.15) is 0 Å². The predicted octanol–water partition coefficient (Wildman–Crippen LogP) is 2.70. The summed E-state index contributed by atoms with van der Waals surface area (Å²) in [5.74, 6) is 2.20. The zero-order chi connectivity index (χ0) is 11.8. The number of hydrogen-bond donors (Lipinski definition) is 1. The van der Waals surface area contributed by atoms with Crippen molar-refractivity contribution in [2.45, 2.75) is 51.0 Å². The molecule has 0 aliphatic heterocycles. The molecule has 0 spiro atoms. The van der Waals surface area contributed by atoms with E-state index in [0.29, 0.717) is 12.0 Å². The molecular formula is C14H23N3. The molecular weight excluding hydrogens is 210 g/mol. The van der Waals surface area contributed by atoms with Crippen LogP contribution in [-0.2, 0) is 0 Å². The summed E-state index contributed by atoms with van der Waals surface area (Å²) in [7, 11) is 0. The molecule has 2 aliphatic rings. The molecule has 0 amide bonds. The first-order chi connectivity index (χ1) is 8.28. The maximum absolute atomic E-state index is 5.91. The highest BCUT2D eigenvalue weighted by molar-refractivity contribution is 5.13. The Bertz CT molecular complexity index is 381. The standard InChI is InChI=1S/C14H23N3/c1-10-2-3-12(9-15)14(8-10)17-7-6-13(16-17)11-4-5-11/h6-7,10-12,14H,2-5,8-9,15H2,1H3. The van der Waals surface area contributed by atoms with Crippen LogP contribution in [0.3, 0.4) is 0 Å². The minimum absolute atomic E-state index is 0.538. The van der Waals surface area contributed by atoms with Gasteiger partial charge in [-0.15, -0.1) is 0 Å². The lowest BCUT2D eigenvalue weighted by atomic mass is 9.79. The van der Waals surface area contributed by atoms with Gasteiger partial charge in [0.2, 0.25) is 0 Å². The molecule has 2 aliphatic carbocycles. The second kappa shape index (κ2) is 4.45. The fourth-order valence-corrected chi connectivity index (χ4v) is 3.15. The van der Waals surface area contributed by atoms with Crippen molar-refractivity contribution in [3.8, 4) is 0 Å². The highest BCUT2D eigenvalue weighted by atomic mass is 15.3. The molecule has 0 saturated heterocycles. The summed E-state index contributed by atoms with van der Waals surface area (Å²) >= 11 is 0. The lowest BCUT2D eigenvalue weighted by Gasteiger charge is -2.34. The largest absolute Gasteiger partial charge is 0.330 e. The SMILES string of the molecule is CC1CCC(CN)C(n2ccc(C3CC3)n2)C1. The molecule has 3 nitrogen and oxygen atoms in total. The van der Waals surface area contributed by atoms with Crippen LogP contribution in [0, 0.1) is 11.8 Å². The molecule has 94 valence electrons. The normalized spacial score (nSPS) is 33.9. The van der Waals surface area contributed by atoms with E-state index in [9.17, 15) is 0 Å². The third-order valence-electron chi connectivity index (χ3n) is 4.49. The Kier molecular flexibility index (Phi) is 2.95. The molecule has 3 unspecified atom stereocenters. The monoisotopic (exact) mass is 233 g/mol. The average Bonchev–Trinajstić information content (AvgIpc) is 3.07. The molecule has 1 heterocycles. The van der Waals surface area contributed by atoms with Crippen LogP contribution in [0.15, 0.2) is 12.3 Å². The van der Waals surface area contributed by atoms with E-state index < -0.39 is 0 Å². The summed E-state index contributed by atoms with van der Waals surface area (Å²) in [4.78, 5) is 0. The quantitative estimate of drug-likeness (QED) is 0.872. The molecule has 2 saturated carbocycles. The molecule has 0 bridgehead atoms. The Balaban J connectivity index is 1.78. The molecule has 0 aromatic carbocycles. The van der Waals surface area contributed by atoms with Crippen LogP contribution < -0.4 is 5.73 Å². The number of nitrogens with two attached hydrogens (primary N) is 1. The second-order valence-corrected chi connectivity index (χ2v) is 5.98. The maximum Gasteiger partial charge on any atom is 0.0655 e. The Morgan fingerprint density at radius 2 is 2.18 bits per heavy atom. The van der Waals surface area contributed by atoms with Crippen molar-refractivity contribution in [3.05, 3.63) is 18.0 Å². The molecule has 17 heavy (non-hydrogen) atoms. The lowest BCUT2D eigenvalue weighted by Crippen LogP contribution is -2.32. The van der Waals surface area contributed by atoms with E-state index in [1.54, 1.807) is 0 Å². The first-order valence-corrected chi connectivity index (χ1v) is 7.03. The van der Waals surface area contributed by atoms with Gasteiger partial charge in [0.05, 0.1) is 11.7 Å². The third kappa shape index (κ3) is 2.25. The highest BCUT2D eigenvalue weighted by Crippen LogP contribution is 2.41. The van der Waals surface area contributed by atoms with E-state index in [4.69, 9.17) is 10.8 Å². The molecule has 3 heteroatoms. The van der Waals surface area contributed by atoms with Crippen molar-refractivity contribution >= 4 is 0 Å². The fourth-order valence-electron chi connectivity index (χ4n) is 3.15. The van der Waals surface area contributed by atoms with Crippen molar-refractivity contribution < 1.29 is 0 Å². The zero-order valence-corrected chi connectivity index (χ0v) is 10.7. The first kappa shape index (κ1) is 11.3. The van der Waals surface area contributed by atoms with Gasteiger partial charge in [0.25, 0.3) is 0 Å². The van der Waals surface area contributed by atoms with E-state index in [1.165, 1.54) is 37.8 Å². The Morgan fingerprint density at radius 1 is 1.35 bits per heavy atom. The summed E-state index contributed by atoms with van der Waals surface area (Å²) in [6.45, 7) is 3.15. The van der Waals surface area contributed by atoms with Gasteiger partial charge in [-0.3, -0.25) is 4.68 Å². The van der Waals surface area contributed by atoms with Gasteiger partial charge >= 0.3 is 0 Å². The predicted molar refractivity (Wildman–Crippen MR) is 68.8 cm³/mol. The molecule has 2 fully saturated rings. The van der Waals surface area contributed by atoms with E-state index in [2.05, 4.69) is 23.9 Å². The van der Waals surface area contributed by atoms with Crippen LogP contribution in [0.2, 0.25) is 0 Å². The smallest absolute Gasteiger partial charge is 0.0655 e. The lowest BCUT2D eigenvalue weighted by molar-refractivity contribution is 0.184. The van der Waals surface area contributed by atoms with Crippen LogP contribution in [0.25, 0.3) is 0 Å². The zero-order valence-electron chi connectivity index (χ0n) is 10.7. The van der Waals surface area contributed by atoms with Gasteiger partial charge < -0.3 is 5.73 Å². The Morgan fingerprint density at radius 3 is 2.88 bits per heavy atom. The number of hydrogen-bond acceptors (Lipinski definition) is 2. The maximum atomic E-state index is 5.91.